The monoisotopic (exact) mass is 610 g/mol. The van der Waals surface area contributed by atoms with Crippen LogP contribution in [0.3, 0.4) is 0 Å². The summed E-state index contributed by atoms with van der Waals surface area (Å²) in [6.07, 6.45) is 1.92. The summed E-state index contributed by atoms with van der Waals surface area (Å²) in [5, 5.41) is 10.1. The first-order valence-corrected chi connectivity index (χ1v) is 16.2. The van der Waals surface area contributed by atoms with Crippen molar-refractivity contribution in [2.24, 2.45) is 0 Å². The van der Waals surface area contributed by atoms with E-state index < -0.39 is 0 Å². The highest BCUT2D eigenvalue weighted by atomic mass is 16.5. The van der Waals surface area contributed by atoms with Gasteiger partial charge in [0.15, 0.2) is 12.0 Å². The van der Waals surface area contributed by atoms with E-state index >= 15 is 0 Å². The molecule has 0 bridgehead atoms. The van der Waals surface area contributed by atoms with Crippen molar-refractivity contribution in [1.82, 2.24) is 15.2 Å². The van der Waals surface area contributed by atoms with Crippen molar-refractivity contribution < 1.29 is 4.74 Å². The lowest BCUT2D eigenvalue weighted by molar-refractivity contribution is 0.237. The molecule has 0 saturated heterocycles. The molecule has 228 valence electrons. The van der Waals surface area contributed by atoms with E-state index in [1.165, 1.54) is 22.1 Å². The first kappa shape index (κ1) is 27.5. The zero-order valence-corrected chi connectivity index (χ0v) is 26.0. The lowest BCUT2D eigenvalue weighted by Gasteiger charge is -2.34. The van der Waals surface area contributed by atoms with Gasteiger partial charge < -0.3 is 19.5 Å². The minimum atomic E-state index is -0.177. The minimum absolute atomic E-state index is 0.0921. The molecular weight excluding hydrogens is 576 g/mol. The normalized spacial score (nSPS) is 18.9. The molecule has 2 N–H and O–H groups in total. The summed E-state index contributed by atoms with van der Waals surface area (Å²) >= 11 is 0. The molecule has 5 heteroatoms. The molecule has 0 aliphatic carbocycles. The van der Waals surface area contributed by atoms with E-state index in [4.69, 9.17) is 4.74 Å². The molecule has 3 heterocycles. The number of anilines is 1. The van der Waals surface area contributed by atoms with Crippen LogP contribution in [-0.4, -0.2) is 11.6 Å². The Labute approximate surface area is 274 Å². The van der Waals surface area contributed by atoms with E-state index in [0.29, 0.717) is 0 Å². The maximum absolute atomic E-state index is 6.82. The number of nitrogens with one attached hydrogen (secondary N) is 2. The van der Waals surface area contributed by atoms with E-state index in [-0.39, 0.29) is 18.6 Å². The highest BCUT2D eigenvalue weighted by Crippen LogP contribution is 2.50. The quantitative estimate of drug-likeness (QED) is 0.204. The Hall–Kier alpha value is -5.78. The molecule has 6 aromatic carbocycles. The third-order valence-electron chi connectivity index (χ3n) is 9.53. The summed E-state index contributed by atoms with van der Waals surface area (Å²) in [7, 11) is 2.12. The van der Waals surface area contributed by atoms with Gasteiger partial charge in [-0.1, -0.05) is 133 Å². The maximum Gasteiger partial charge on any atom is 0.198 e. The Kier molecular flexibility index (Phi) is 6.58. The molecule has 7 aromatic rings. The Morgan fingerprint density at radius 3 is 1.94 bits per heavy atom. The lowest BCUT2D eigenvalue weighted by Crippen LogP contribution is -2.41. The van der Waals surface area contributed by atoms with Gasteiger partial charge in [-0.3, -0.25) is 5.32 Å². The maximum atomic E-state index is 6.82. The van der Waals surface area contributed by atoms with Crippen molar-refractivity contribution in [2.45, 2.75) is 18.6 Å². The molecule has 2 aliphatic heterocycles. The van der Waals surface area contributed by atoms with Crippen LogP contribution in [0.4, 0.5) is 5.69 Å². The van der Waals surface area contributed by atoms with Crippen molar-refractivity contribution in [1.29, 1.82) is 0 Å². The van der Waals surface area contributed by atoms with Crippen LogP contribution in [0.15, 0.2) is 158 Å². The summed E-state index contributed by atoms with van der Waals surface area (Å²) < 4.78 is 9.25. The number of hydrogen-bond donors (Lipinski definition) is 2. The van der Waals surface area contributed by atoms with Gasteiger partial charge in [-0.2, -0.15) is 0 Å². The van der Waals surface area contributed by atoms with Gasteiger partial charge in [0.25, 0.3) is 0 Å². The number of fused-ring (bicyclic) bond motifs is 5. The van der Waals surface area contributed by atoms with Gasteiger partial charge in [0, 0.05) is 23.7 Å². The molecule has 5 nitrogen and oxygen atoms in total. The first-order chi connectivity index (χ1) is 23.2. The topological polar surface area (TPSA) is 41.5 Å². The number of benzene rings is 6. The van der Waals surface area contributed by atoms with Crippen molar-refractivity contribution >= 4 is 33.2 Å². The Morgan fingerprint density at radius 2 is 1.19 bits per heavy atom. The minimum Gasteiger partial charge on any atom is -0.463 e. The molecule has 0 amide bonds. The van der Waals surface area contributed by atoms with E-state index in [1.54, 1.807) is 0 Å². The Morgan fingerprint density at radius 1 is 0.574 bits per heavy atom. The third kappa shape index (κ3) is 4.67. The summed E-state index contributed by atoms with van der Waals surface area (Å²) in [4.78, 5) is 2.24. The summed E-state index contributed by atoms with van der Waals surface area (Å²) in [5.41, 5.74) is 10.4. The van der Waals surface area contributed by atoms with Crippen LogP contribution < -0.4 is 20.3 Å². The predicted octanol–water partition coefficient (Wildman–Crippen LogP) is 9.42. The number of aromatic nitrogens is 1. The Bertz CT molecular complexity index is 2240. The van der Waals surface area contributed by atoms with Gasteiger partial charge in [0.05, 0.1) is 22.1 Å². The summed E-state index contributed by atoms with van der Waals surface area (Å²) in [6.45, 7) is 0. The van der Waals surface area contributed by atoms with Crippen molar-refractivity contribution in [3.05, 3.63) is 174 Å². The van der Waals surface area contributed by atoms with Crippen LogP contribution in [0, 0.1) is 0 Å². The van der Waals surface area contributed by atoms with Crippen LogP contribution in [0.5, 0.6) is 5.75 Å². The molecule has 47 heavy (non-hydrogen) atoms. The first-order valence-electron chi connectivity index (χ1n) is 16.2. The molecule has 2 aliphatic rings. The van der Waals surface area contributed by atoms with Crippen molar-refractivity contribution in [3.8, 4) is 16.9 Å². The highest BCUT2D eigenvalue weighted by molar-refractivity contribution is 6.13. The van der Waals surface area contributed by atoms with Crippen LogP contribution in [0.2, 0.25) is 0 Å². The largest absolute Gasteiger partial charge is 0.463 e. The van der Waals surface area contributed by atoms with E-state index in [9.17, 15) is 0 Å². The van der Waals surface area contributed by atoms with Crippen molar-refractivity contribution in [2.75, 3.05) is 11.9 Å². The SMILES string of the molecule is CN1c2ccc3c(c2OC1c1ccccc1)c1ccccc1n3C1C=C(c2ccc(-c3ccccc3)cc2)NC(c2ccccc2)N1. The predicted molar refractivity (Wildman–Crippen MR) is 192 cm³/mol. The molecule has 0 spiro atoms. The molecule has 9 rings (SSSR count). The average Bonchev–Trinajstić information content (AvgIpc) is 3.67. The number of hydrogen-bond acceptors (Lipinski definition) is 4. The second-order valence-corrected chi connectivity index (χ2v) is 12.3. The van der Waals surface area contributed by atoms with Crippen LogP contribution in [0.25, 0.3) is 38.6 Å². The summed E-state index contributed by atoms with van der Waals surface area (Å²) in [5.74, 6) is 0.933. The van der Waals surface area contributed by atoms with Gasteiger partial charge in [0.1, 0.15) is 12.3 Å². The van der Waals surface area contributed by atoms with Gasteiger partial charge >= 0.3 is 0 Å². The standard InChI is InChI=1S/C42H34N4O/c1-45-37-26-25-36-39(40(37)47-42(45)32-17-9-4-10-18-32)33-19-11-12-20-35(33)46(36)38-27-34(43-41(44-38)31-15-7-3-8-16-31)30-23-21-29(22-24-30)28-13-5-2-6-14-28/h2-27,38,41-44H,1H3. The second-order valence-electron chi connectivity index (χ2n) is 12.3. The van der Waals surface area contributed by atoms with Gasteiger partial charge in [-0.05, 0) is 46.5 Å². The second kappa shape index (κ2) is 11.2. The third-order valence-corrected chi connectivity index (χ3v) is 9.53. The fourth-order valence-corrected chi connectivity index (χ4v) is 7.22. The summed E-state index contributed by atoms with van der Waals surface area (Å²) in [6, 6.07) is 53.6. The zero-order valence-electron chi connectivity index (χ0n) is 26.0. The van der Waals surface area contributed by atoms with Gasteiger partial charge in [-0.15, -0.1) is 0 Å². The van der Waals surface area contributed by atoms with Crippen LogP contribution >= 0.6 is 0 Å². The Balaban J connectivity index is 1.19. The molecule has 3 atom stereocenters. The molecular formula is C42H34N4O. The van der Waals surface area contributed by atoms with Gasteiger partial charge in [0.2, 0.25) is 0 Å². The highest BCUT2D eigenvalue weighted by Gasteiger charge is 2.34. The van der Waals surface area contributed by atoms with Crippen LogP contribution in [-0.2, 0) is 0 Å². The lowest BCUT2D eigenvalue weighted by atomic mass is 10.0. The van der Waals surface area contributed by atoms with Crippen molar-refractivity contribution in [3.63, 3.8) is 0 Å². The molecule has 1 aromatic heterocycles. The molecule has 3 unspecified atom stereocenters. The fraction of sp³-hybridized carbons (Fsp3) is 0.0952. The fourth-order valence-electron chi connectivity index (χ4n) is 7.22. The van der Waals surface area contributed by atoms with Gasteiger partial charge in [-0.25, -0.2) is 0 Å². The molecule has 0 fully saturated rings. The smallest absolute Gasteiger partial charge is 0.198 e. The number of ether oxygens (including phenoxy) is 1. The molecule has 0 radical (unpaired) electrons. The van der Waals surface area contributed by atoms with E-state index in [2.05, 4.69) is 179 Å². The van der Waals surface area contributed by atoms with E-state index in [0.717, 1.165) is 44.7 Å². The van der Waals surface area contributed by atoms with E-state index in [1.807, 2.05) is 6.07 Å². The average molecular weight is 611 g/mol. The number of nitrogens with zero attached hydrogens (tertiary/aromatic N) is 2. The van der Waals surface area contributed by atoms with Crippen LogP contribution in [0.1, 0.15) is 35.2 Å². The molecule has 0 saturated carbocycles. The zero-order chi connectivity index (χ0) is 31.3. The number of para-hydroxylation sites is 1. The number of rotatable bonds is 5.